The molecular weight excluding hydrogens is 817 g/mol. The number of methoxy groups -OCH3 is 1. The van der Waals surface area contributed by atoms with Gasteiger partial charge in [0.2, 0.25) is 12.3 Å². The fraction of sp³-hybridized carbons (Fsp3) is 0.533. The number of nitrogens with zero attached hydrogens (tertiary/aromatic N) is 5. The molecule has 4 aromatic rings. The van der Waals surface area contributed by atoms with Gasteiger partial charge in [-0.3, -0.25) is 9.69 Å². The second-order valence-corrected chi connectivity index (χ2v) is 17.7. The number of carboxylic acid groups (broad SMARTS) is 1. The molecule has 1 aromatic carbocycles. The number of nitrogens with one attached hydrogen (secondary N) is 4. The average Bonchev–Trinajstić information content (AvgIpc) is 4.11. The first-order chi connectivity index (χ1) is 30.2. The van der Waals surface area contributed by atoms with Crippen molar-refractivity contribution in [2.75, 3.05) is 20.2 Å². The summed E-state index contributed by atoms with van der Waals surface area (Å²) in [7, 11) is 1.27. The van der Waals surface area contributed by atoms with Crippen LogP contribution in [0.1, 0.15) is 120 Å². The number of carbonyl (C=O) groups is 3. The Morgan fingerprint density at radius 2 is 1.67 bits per heavy atom. The zero-order valence-electron chi connectivity index (χ0n) is 36.2. The van der Waals surface area contributed by atoms with E-state index in [0.29, 0.717) is 43.3 Å². The normalized spacial score (nSPS) is 21.7. The van der Waals surface area contributed by atoms with Crippen LogP contribution >= 0.6 is 0 Å². The maximum Gasteiger partial charge on any atom is 0.407 e. The minimum absolute atomic E-state index is 0.103. The third-order valence-corrected chi connectivity index (χ3v) is 12.9. The lowest BCUT2D eigenvalue weighted by Gasteiger charge is -2.35. The number of halogens is 2. The van der Waals surface area contributed by atoms with E-state index in [-0.39, 0.29) is 42.7 Å². The van der Waals surface area contributed by atoms with Crippen molar-refractivity contribution in [1.29, 1.82) is 0 Å². The van der Waals surface area contributed by atoms with Gasteiger partial charge >= 0.3 is 12.2 Å². The Labute approximate surface area is 364 Å². The Morgan fingerprint density at radius 3 is 2.38 bits per heavy atom. The first kappa shape index (κ1) is 43.9. The van der Waals surface area contributed by atoms with Gasteiger partial charge in [0, 0.05) is 42.5 Å². The zero-order valence-corrected chi connectivity index (χ0v) is 36.2. The van der Waals surface area contributed by atoms with Gasteiger partial charge in [0.05, 0.1) is 60.2 Å². The quantitative estimate of drug-likeness (QED) is 0.0729. The Kier molecular flexibility index (Phi) is 12.6. The van der Waals surface area contributed by atoms with Gasteiger partial charge in [-0.1, -0.05) is 33.8 Å². The molecule has 6 unspecified atom stereocenters. The van der Waals surface area contributed by atoms with Gasteiger partial charge in [0.15, 0.2) is 6.23 Å². The maximum atomic E-state index is 13.7. The van der Waals surface area contributed by atoms with Crippen molar-refractivity contribution in [2.24, 2.45) is 11.8 Å². The summed E-state index contributed by atoms with van der Waals surface area (Å²) in [4.78, 5) is 57.3. The molecule has 2 fully saturated rings. The highest BCUT2D eigenvalue weighted by molar-refractivity contribution is 5.91. The lowest BCUT2D eigenvalue weighted by molar-refractivity contribution is -0.135. The van der Waals surface area contributed by atoms with Crippen molar-refractivity contribution < 1.29 is 42.9 Å². The molecule has 0 radical (unpaired) electrons. The molecule has 338 valence electrons. The number of H-pyrrole nitrogens is 2. The lowest BCUT2D eigenvalue weighted by atomic mass is 9.92. The number of aliphatic hydroxyl groups is 1. The number of alkyl carbamates (subject to hydrolysis) is 1. The Bertz CT molecular complexity index is 2400. The molecule has 3 amide bonds. The van der Waals surface area contributed by atoms with Crippen molar-refractivity contribution >= 4 is 40.1 Å². The summed E-state index contributed by atoms with van der Waals surface area (Å²) in [5, 5.41) is 26.8. The number of fused-ring (bicyclic) bond motifs is 4. The largest absolute Gasteiger partial charge is 0.470 e. The number of alkyl halides is 2. The molecule has 6 N–H and O–H groups in total. The molecule has 6 heterocycles. The monoisotopic (exact) mass is 873 g/mol. The number of aromatic nitrogens is 5. The minimum Gasteiger partial charge on any atom is -0.470 e. The number of benzene rings is 1. The molecule has 63 heavy (non-hydrogen) atoms. The topological polar surface area (TPSA) is 203 Å². The minimum atomic E-state index is -2.49. The summed E-state index contributed by atoms with van der Waals surface area (Å²) in [6, 6.07) is 6.16. The second kappa shape index (κ2) is 18.2. The van der Waals surface area contributed by atoms with Gasteiger partial charge in [-0.15, -0.1) is 0 Å². The second-order valence-electron chi connectivity index (χ2n) is 17.7. The number of amides is 3. The number of carbonyl (C=O) groups excluding carboxylic acids is 2. The van der Waals surface area contributed by atoms with Gasteiger partial charge in [-0.05, 0) is 80.2 Å². The molecule has 3 aromatic heterocycles. The smallest absolute Gasteiger partial charge is 0.407 e. The third-order valence-electron chi connectivity index (χ3n) is 12.9. The van der Waals surface area contributed by atoms with Crippen LogP contribution in [0.5, 0.6) is 0 Å². The number of likely N-dealkylation sites (tertiary alicyclic amines) is 2. The summed E-state index contributed by atoms with van der Waals surface area (Å²) in [5.41, 5.74) is 6.16. The lowest BCUT2D eigenvalue weighted by Crippen LogP contribution is -2.53. The molecule has 6 atom stereocenters. The summed E-state index contributed by atoms with van der Waals surface area (Å²) in [5.74, 6) is 1.49. The van der Waals surface area contributed by atoms with E-state index in [9.17, 15) is 33.4 Å². The van der Waals surface area contributed by atoms with E-state index in [0.717, 1.165) is 70.4 Å². The predicted octanol–water partition coefficient (Wildman–Crippen LogP) is 7.71. The summed E-state index contributed by atoms with van der Waals surface area (Å²) >= 11 is 0. The predicted molar refractivity (Wildman–Crippen MR) is 230 cm³/mol. The Morgan fingerprint density at radius 1 is 0.952 bits per heavy atom. The van der Waals surface area contributed by atoms with Gasteiger partial charge < -0.3 is 49.8 Å². The van der Waals surface area contributed by atoms with Crippen LogP contribution in [0.15, 0.2) is 48.5 Å². The van der Waals surface area contributed by atoms with E-state index < -0.39 is 43.2 Å². The number of hydrogen-bond acceptors (Lipinski definition) is 9. The standard InChI is InChI=1S/C45H57F2N9O7/c1-23(2)38(52-44(59)60)42(57)54-16-6-8-32(54)41-49-22-30(51-41)26-10-12-28-34-19-27-18-25(11-13-31(27)56(34)37(15-14-36(46)47)63-35(28)20-26)29-21-48-40(50-29)33-9-7-17-55(33)43(58)39(24(3)4)53-45(61)62-5/h11,13,18-24,32-33,36-39,42,52,57H,6-10,12,14-17H2,1-5H3,(H,48,50)(H,49,51)(H,53,61)(H,59,60). The van der Waals surface area contributed by atoms with Crippen LogP contribution in [0.4, 0.5) is 18.4 Å². The molecule has 3 aliphatic heterocycles. The van der Waals surface area contributed by atoms with Crippen LogP contribution in [0, 0.1) is 11.8 Å². The van der Waals surface area contributed by atoms with Crippen LogP contribution in [0.2, 0.25) is 0 Å². The van der Waals surface area contributed by atoms with E-state index in [1.54, 1.807) is 17.3 Å². The molecule has 16 nitrogen and oxygen atoms in total. The van der Waals surface area contributed by atoms with Crippen LogP contribution < -0.4 is 10.6 Å². The highest BCUT2D eigenvalue weighted by Gasteiger charge is 2.40. The summed E-state index contributed by atoms with van der Waals surface area (Å²) in [6.07, 6.45) is 3.62. The molecule has 0 spiro atoms. The number of imidazole rings is 2. The maximum absolute atomic E-state index is 13.7. The van der Waals surface area contributed by atoms with E-state index in [4.69, 9.17) is 19.4 Å². The van der Waals surface area contributed by atoms with E-state index >= 15 is 0 Å². The zero-order chi connectivity index (χ0) is 44.7. The summed E-state index contributed by atoms with van der Waals surface area (Å²) < 4.78 is 40.9. The SMILES string of the molecule is COC(=O)NC(C(=O)N1CCCC1c1ncc(-c2ccc3c(c2)cc2n3C(CCC(F)F)OC3=C2CCC(c2cnc(C4CCCN4C(O)C(NC(=O)O)C(C)C)[nH]2)=C3)[nH]1)C(C)C. The van der Waals surface area contributed by atoms with E-state index in [1.165, 1.54) is 7.11 Å². The summed E-state index contributed by atoms with van der Waals surface area (Å²) in [6.45, 7) is 8.62. The molecule has 0 bridgehead atoms. The number of rotatable bonds is 14. The molecular formula is C45H57F2N9O7. The third kappa shape index (κ3) is 8.79. The molecule has 8 rings (SSSR count). The van der Waals surface area contributed by atoms with Crippen molar-refractivity contribution in [3.8, 4) is 11.3 Å². The van der Waals surface area contributed by atoms with Gasteiger partial charge in [-0.2, -0.15) is 0 Å². The number of aromatic amines is 2. The highest BCUT2D eigenvalue weighted by atomic mass is 19.3. The molecule has 1 aliphatic carbocycles. The number of ether oxygens (including phenoxy) is 2. The Balaban J connectivity index is 1.05. The average molecular weight is 874 g/mol. The van der Waals surface area contributed by atoms with E-state index in [2.05, 4.69) is 32.7 Å². The number of hydrogen-bond donors (Lipinski definition) is 6. The van der Waals surface area contributed by atoms with Crippen molar-refractivity contribution in [3.05, 3.63) is 71.5 Å². The van der Waals surface area contributed by atoms with Crippen molar-refractivity contribution in [2.45, 2.75) is 122 Å². The van der Waals surface area contributed by atoms with Crippen LogP contribution in [0.25, 0.3) is 33.3 Å². The van der Waals surface area contributed by atoms with Crippen molar-refractivity contribution in [1.82, 2.24) is 44.9 Å². The van der Waals surface area contributed by atoms with Crippen LogP contribution in [-0.2, 0) is 14.3 Å². The van der Waals surface area contributed by atoms with Crippen LogP contribution in [0.3, 0.4) is 0 Å². The van der Waals surface area contributed by atoms with E-state index in [1.807, 2.05) is 55.4 Å². The number of allylic oxidation sites excluding steroid dienone is 3. The van der Waals surface area contributed by atoms with Gasteiger partial charge in [-0.25, -0.2) is 28.3 Å². The molecule has 2 saturated heterocycles. The Hall–Kier alpha value is -5.75. The fourth-order valence-corrected chi connectivity index (χ4v) is 9.72. The van der Waals surface area contributed by atoms with Crippen LogP contribution in [-0.4, -0.2) is 108 Å². The first-order valence-electron chi connectivity index (χ1n) is 21.9. The first-order valence-corrected chi connectivity index (χ1v) is 21.9. The fourth-order valence-electron chi connectivity index (χ4n) is 9.72. The molecule has 18 heteroatoms. The van der Waals surface area contributed by atoms with Gasteiger partial charge in [0.25, 0.3) is 0 Å². The molecule has 4 aliphatic rings. The number of aliphatic hydroxyl groups excluding tert-OH is 1. The highest BCUT2D eigenvalue weighted by Crippen LogP contribution is 2.46. The van der Waals surface area contributed by atoms with Gasteiger partial charge in [0.1, 0.15) is 29.7 Å². The van der Waals surface area contributed by atoms with Crippen molar-refractivity contribution in [3.63, 3.8) is 0 Å². The molecule has 0 saturated carbocycles.